The molecule has 1 saturated heterocycles. The van der Waals surface area contributed by atoms with E-state index in [1.807, 2.05) is 30.9 Å². The summed E-state index contributed by atoms with van der Waals surface area (Å²) in [6.07, 6.45) is 0. The number of piperazine rings is 1. The van der Waals surface area contributed by atoms with Crippen molar-refractivity contribution < 1.29 is 4.79 Å². The van der Waals surface area contributed by atoms with Crippen LogP contribution in [-0.4, -0.2) is 42.0 Å². The summed E-state index contributed by atoms with van der Waals surface area (Å²) in [4.78, 5) is 16.8. The van der Waals surface area contributed by atoms with Crippen molar-refractivity contribution in [2.45, 2.75) is 27.3 Å². The monoisotopic (exact) mass is 371 g/mol. The summed E-state index contributed by atoms with van der Waals surface area (Å²) in [6, 6.07) is 12.5. The van der Waals surface area contributed by atoms with E-state index in [9.17, 15) is 4.79 Å². The number of halogens is 1. The number of amides is 2. The average molecular weight is 372 g/mol. The van der Waals surface area contributed by atoms with Crippen LogP contribution in [0.2, 0.25) is 5.02 Å². The normalized spacial score (nSPS) is 15.2. The van der Waals surface area contributed by atoms with E-state index in [-0.39, 0.29) is 6.03 Å². The number of urea groups is 1. The number of carbonyl (C=O) groups excluding carboxylic acids is 1. The van der Waals surface area contributed by atoms with E-state index in [2.05, 4.69) is 41.4 Å². The van der Waals surface area contributed by atoms with Crippen LogP contribution in [0.4, 0.5) is 10.5 Å². The SMILES string of the molecule is Cc1ccc(CN2CCN(C(=O)Nc3c(C)cc(C)cc3Cl)CC2)cc1. The Hall–Kier alpha value is -2.04. The first-order valence-electron chi connectivity index (χ1n) is 9.03. The summed E-state index contributed by atoms with van der Waals surface area (Å²) in [7, 11) is 0. The van der Waals surface area contributed by atoms with Gasteiger partial charge < -0.3 is 10.2 Å². The standard InChI is InChI=1S/C21H26ClN3O/c1-15-4-6-18(7-5-15)14-24-8-10-25(11-9-24)21(26)23-20-17(3)12-16(2)13-19(20)22/h4-7,12-13H,8-11,14H2,1-3H3,(H,23,26). The lowest BCUT2D eigenvalue weighted by atomic mass is 10.1. The van der Waals surface area contributed by atoms with Gasteiger partial charge in [-0.3, -0.25) is 4.90 Å². The molecule has 2 aromatic carbocycles. The molecular weight excluding hydrogens is 346 g/mol. The Morgan fingerprint density at radius 1 is 1.00 bits per heavy atom. The topological polar surface area (TPSA) is 35.6 Å². The predicted molar refractivity (Wildman–Crippen MR) is 108 cm³/mol. The molecule has 3 rings (SSSR count). The second-order valence-electron chi connectivity index (χ2n) is 7.12. The van der Waals surface area contributed by atoms with Gasteiger partial charge in [0.1, 0.15) is 0 Å². The predicted octanol–water partition coefficient (Wildman–Crippen LogP) is 4.61. The fourth-order valence-electron chi connectivity index (χ4n) is 3.32. The third kappa shape index (κ3) is 4.57. The molecule has 2 aromatic rings. The zero-order chi connectivity index (χ0) is 18.7. The third-order valence-electron chi connectivity index (χ3n) is 4.85. The van der Waals surface area contributed by atoms with Gasteiger partial charge in [-0.05, 0) is 43.5 Å². The Labute approximate surface area is 160 Å². The van der Waals surface area contributed by atoms with Gasteiger partial charge in [0.25, 0.3) is 0 Å². The minimum Gasteiger partial charge on any atom is -0.322 e. The Bertz CT molecular complexity index is 757. The summed E-state index contributed by atoms with van der Waals surface area (Å²) < 4.78 is 0. The molecule has 138 valence electrons. The first-order valence-corrected chi connectivity index (χ1v) is 9.41. The number of rotatable bonds is 3. The number of nitrogens with one attached hydrogen (secondary N) is 1. The van der Waals surface area contributed by atoms with Crippen LogP contribution in [0, 0.1) is 20.8 Å². The number of hydrogen-bond donors (Lipinski definition) is 1. The molecule has 26 heavy (non-hydrogen) atoms. The number of anilines is 1. The van der Waals surface area contributed by atoms with Gasteiger partial charge in [0.2, 0.25) is 0 Å². The first-order chi connectivity index (χ1) is 12.4. The van der Waals surface area contributed by atoms with Crippen LogP contribution < -0.4 is 5.32 Å². The molecule has 1 aliphatic heterocycles. The van der Waals surface area contributed by atoms with Crippen LogP contribution in [0.15, 0.2) is 36.4 Å². The maximum absolute atomic E-state index is 12.6. The number of aryl methyl sites for hydroxylation is 3. The second-order valence-corrected chi connectivity index (χ2v) is 7.52. The fourth-order valence-corrected chi connectivity index (χ4v) is 3.69. The van der Waals surface area contributed by atoms with Gasteiger partial charge >= 0.3 is 6.03 Å². The molecule has 0 atom stereocenters. The molecule has 1 aliphatic rings. The molecule has 0 saturated carbocycles. The van der Waals surface area contributed by atoms with Crippen molar-refractivity contribution in [2.75, 3.05) is 31.5 Å². The molecule has 0 aromatic heterocycles. The highest BCUT2D eigenvalue weighted by molar-refractivity contribution is 6.34. The van der Waals surface area contributed by atoms with E-state index < -0.39 is 0 Å². The van der Waals surface area contributed by atoms with Crippen molar-refractivity contribution in [3.8, 4) is 0 Å². The van der Waals surface area contributed by atoms with Gasteiger partial charge in [-0.1, -0.05) is 47.5 Å². The quantitative estimate of drug-likeness (QED) is 0.854. The molecular formula is C21H26ClN3O. The van der Waals surface area contributed by atoms with Gasteiger partial charge in [0.15, 0.2) is 0 Å². The zero-order valence-electron chi connectivity index (χ0n) is 15.7. The summed E-state index contributed by atoms with van der Waals surface area (Å²) in [5, 5.41) is 3.57. The minimum absolute atomic E-state index is 0.0751. The zero-order valence-corrected chi connectivity index (χ0v) is 16.4. The van der Waals surface area contributed by atoms with E-state index in [1.165, 1.54) is 11.1 Å². The molecule has 5 heteroatoms. The summed E-state index contributed by atoms with van der Waals surface area (Å²) in [5.74, 6) is 0. The maximum atomic E-state index is 12.6. The number of benzene rings is 2. The highest BCUT2D eigenvalue weighted by Gasteiger charge is 2.22. The van der Waals surface area contributed by atoms with E-state index in [1.54, 1.807) is 0 Å². The van der Waals surface area contributed by atoms with Crippen LogP contribution in [0.1, 0.15) is 22.3 Å². The van der Waals surface area contributed by atoms with Gasteiger partial charge in [-0.2, -0.15) is 0 Å². The summed E-state index contributed by atoms with van der Waals surface area (Å²) >= 11 is 6.30. The van der Waals surface area contributed by atoms with Crippen LogP contribution in [0.3, 0.4) is 0 Å². The maximum Gasteiger partial charge on any atom is 0.321 e. The Kier molecular flexibility index (Phi) is 5.84. The lowest BCUT2D eigenvalue weighted by molar-refractivity contribution is 0.143. The van der Waals surface area contributed by atoms with Gasteiger partial charge in [0, 0.05) is 32.7 Å². The van der Waals surface area contributed by atoms with E-state index in [0.29, 0.717) is 10.7 Å². The molecule has 1 heterocycles. The van der Waals surface area contributed by atoms with E-state index in [4.69, 9.17) is 11.6 Å². The van der Waals surface area contributed by atoms with Crippen molar-refractivity contribution in [1.82, 2.24) is 9.80 Å². The van der Waals surface area contributed by atoms with Crippen LogP contribution in [0.5, 0.6) is 0 Å². The van der Waals surface area contributed by atoms with Gasteiger partial charge in [0.05, 0.1) is 10.7 Å². The molecule has 0 spiro atoms. The summed E-state index contributed by atoms with van der Waals surface area (Å²) in [6.45, 7) is 10.2. The van der Waals surface area contributed by atoms with Crippen molar-refractivity contribution in [3.63, 3.8) is 0 Å². The molecule has 2 amide bonds. The number of carbonyl (C=O) groups is 1. The first kappa shape index (κ1) is 18.7. The summed E-state index contributed by atoms with van der Waals surface area (Å²) in [5.41, 5.74) is 5.39. The molecule has 0 bridgehead atoms. The largest absolute Gasteiger partial charge is 0.322 e. The van der Waals surface area contributed by atoms with Gasteiger partial charge in [-0.25, -0.2) is 4.79 Å². The van der Waals surface area contributed by atoms with Crippen LogP contribution >= 0.6 is 11.6 Å². The van der Waals surface area contributed by atoms with E-state index >= 15 is 0 Å². The number of nitrogens with zero attached hydrogens (tertiary/aromatic N) is 2. The van der Waals surface area contributed by atoms with Crippen molar-refractivity contribution in [1.29, 1.82) is 0 Å². The smallest absolute Gasteiger partial charge is 0.321 e. The molecule has 1 fully saturated rings. The van der Waals surface area contributed by atoms with Crippen LogP contribution in [0.25, 0.3) is 0 Å². The molecule has 0 aliphatic carbocycles. The molecule has 0 radical (unpaired) electrons. The van der Waals surface area contributed by atoms with E-state index in [0.717, 1.165) is 43.9 Å². The fraction of sp³-hybridized carbons (Fsp3) is 0.381. The molecule has 4 nitrogen and oxygen atoms in total. The Morgan fingerprint density at radius 2 is 1.65 bits per heavy atom. The number of hydrogen-bond acceptors (Lipinski definition) is 2. The van der Waals surface area contributed by atoms with Crippen LogP contribution in [-0.2, 0) is 6.54 Å². The highest BCUT2D eigenvalue weighted by Crippen LogP contribution is 2.27. The highest BCUT2D eigenvalue weighted by atomic mass is 35.5. The van der Waals surface area contributed by atoms with Crippen molar-refractivity contribution in [2.24, 2.45) is 0 Å². The Morgan fingerprint density at radius 3 is 2.27 bits per heavy atom. The lowest BCUT2D eigenvalue weighted by Crippen LogP contribution is -2.49. The molecule has 0 unspecified atom stereocenters. The minimum atomic E-state index is -0.0751. The third-order valence-corrected chi connectivity index (χ3v) is 5.15. The molecule has 1 N–H and O–H groups in total. The second kappa shape index (κ2) is 8.11. The van der Waals surface area contributed by atoms with Crippen molar-refractivity contribution >= 4 is 23.3 Å². The van der Waals surface area contributed by atoms with Crippen molar-refractivity contribution in [3.05, 3.63) is 63.7 Å². The van der Waals surface area contributed by atoms with Gasteiger partial charge in [-0.15, -0.1) is 0 Å². The Balaban J connectivity index is 1.54. The lowest BCUT2D eigenvalue weighted by Gasteiger charge is -2.35. The average Bonchev–Trinajstić information content (AvgIpc) is 2.60.